The normalized spacial score (nSPS) is 16.0. The first kappa shape index (κ1) is 28.6. The monoisotopic (exact) mass is 615 g/mol. The molecule has 0 aliphatic heterocycles. The molecule has 230 valence electrons. The van der Waals surface area contributed by atoms with Crippen molar-refractivity contribution in [2.45, 2.75) is 31.7 Å². The topological polar surface area (TPSA) is 3.24 Å². The van der Waals surface area contributed by atoms with Crippen LogP contribution in [0.1, 0.15) is 37.0 Å². The van der Waals surface area contributed by atoms with Gasteiger partial charge in [-0.3, -0.25) is 0 Å². The predicted octanol–water partition coefficient (Wildman–Crippen LogP) is 12.5. The van der Waals surface area contributed by atoms with E-state index in [0.717, 1.165) is 6.42 Å². The average Bonchev–Trinajstić information content (AvgIpc) is 3.37. The first-order chi connectivity index (χ1) is 23.6. The van der Waals surface area contributed by atoms with Gasteiger partial charge in [0, 0.05) is 16.8 Å². The quantitative estimate of drug-likeness (QED) is 0.186. The van der Waals surface area contributed by atoms with Gasteiger partial charge in [0.25, 0.3) is 0 Å². The second-order valence-corrected chi connectivity index (χ2v) is 13.7. The van der Waals surface area contributed by atoms with Crippen LogP contribution in [0.15, 0.2) is 170 Å². The van der Waals surface area contributed by atoms with Gasteiger partial charge in [0.05, 0.1) is 6.04 Å². The molecule has 7 aromatic rings. The summed E-state index contributed by atoms with van der Waals surface area (Å²) < 4.78 is 0. The highest BCUT2D eigenvalue weighted by atomic mass is 15.2. The van der Waals surface area contributed by atoms with Crippen LogP contribution in [-0.2, 0) is 5.41 Å². The molecule has 1 unspecified atom stereocenters. The smallest absolute Gasteiger partial charge is 0.0560 e. The molecule has 9 rings (SSSR count). The fourth-order valence-corrected chi connectivity index (χ4v) is 8.13. The molecule has 0 radical (unpaired) electrons. The standard InChI is InChI=1S/C47H37N/c1-47(2)45-20-8-7-17-43(45)44-30-29-38(31-46(44)47)48(36-25-21-34(22-26-36)41-18-9-13-32-11-3-5-15-39(32)41)37-27-23-35(24-28-37)42-19-10-14-33-12-4-6-16-40(33)42/h3-27,29-31,37H,28H2,1-2H3. The van der Waals surface area contributed by atoms with Gasteiger partial charge < -0.3 is 4.90 Å². The third-order valence-corrected chi connectivity index (χ3v) is 10.6. The zero-order valence-corrected chi connectivity index (χ0v) is 27.4. The highest BCUT2D eigenvalue weighted by molar-refractivity contribution is 5.98. The maximum Gasteiger partial charge on any atom is 0.0560 e. The van der Waals surface area contributed by atoms with E-state index in [4.69, 9.17) is 0 Å². The summed E-state index contributed by atoms with van der Waals surface area (Å²) in [5.74, 6) is 0. The van der Waals surface area contributed by atoms with Gasteiger partial charge in [0.15, 0.2) is 0 Å². The molecule has 0 N–H and O–H groups in total. The predicted molar refractivity (Wildman–Crippen MR) is 205 cm³/mol. The molecular weight excluding hydrogens is 579 g/mol. The van der Waals surface area contributed by atoms with E-state index in [2.05, 4.69) is 189 Å². The molecule has 0 fully saturated rings. The molecule has 0 saturated heterocycles. The Kier molecular flexibility index (Phi) is 6.69. The summed E-state index contributed by atoms with van der Waals surface area (Å²) in [5, 5.41) is 5.13. The molecule has 48 heavy (non-hydrogen) atoms. The van der Waals surface area contributed by atoms with Gasteiger partial charge in [-0.1, -0.05) is 159 Å². The van der Waals surface area contributed by atoms with E-state index >= 15 is 0 Å². The fourth-order valence-electron chi connectivity index (χ4n) is 8.13. The molecular formula is C47H37N. The number of allylic oxidation sites excluding steroid dienone is 2. The molecule has 0 amide bonds. The third kappa shape index (κ3) is 4.61. The van der Waals surface area contributed by atoms with Crippen molar-refractivity contribution in [2.75, 3.05) is 4.90 Å². The molecule has 1 nitrogen and oxygen atoms in total. The lowest BCUT2D eigenvalue weighted by atomic mass is 9.82. The summed E-state index contributed by atoms with van der Waals surface area (Å²) in [6.45, 7) is 4.73. The molecule has 1 atom stereocenters. The van der Waals surface area contributed by atoms with Gasteiger partial charge in [-0.15, -0.1) is 0 Å². The molecule has 2 aliphatic carbocycles. The van der Waals surface area contributed by atoms with Crippen LogP contribution >= 0.6 is 0 Å². The Labute approximate surface area is 283 Å². The summed E-state index contributed by atoms with van der Waals surface area (Å²) in [4.78, 5) is 2.54. The van der Waals surface area contributed by atoms with E-state index in [1.165, 1.54) is 77.4 Å². The maximum absolute atomic E-state index is 2.54. The van der Waals surface area contributed by atoms with Crippen LogP contribution in [0.3, 0.4) is 0 Å². The number of fused-ring (bicyclic) bond motifs is 5. The van der Waals surface area contributed by atoms with Crippen LogP contribution < -0.4 is 4.90 Å². The molecule has 7 aromatic carbocycles. The van der Waals surface area contributed by atoms with Crippen molar-refractivity contribution in [1.29, 1.82) is 0 Å². The van der Waals surface area contributed by atoms with Crippen molar-refractivity contribution < 1.29 is 0 Å². The Morgan fingerprint density at radius 3 is 1.83 bits per heavy atom. The minimum absolute atomic E-state index is 0.0598. The fraction of sp³-hybridized carbons (Fsp3) is 0.106. The number of nitrogens with zero attached hydrogens (tertiary/aromatic N) is 1. The summed E-state index contributed by atoms with van der Waals surface area (Å²) in [7, 11) is 0. The number of benzene rings is 7. The first-order valence-corrected chi connectivity index (χ1v) is 17.0. The highest BCUT2D eigenvalue weighted by Gasteiger charge is 2.36. The van der Waals surface area contributed by atoms with Crippen LogP contribution in [0.5, 0.6) is 0 Å². The number of anilines is 2. The number of rotatable bonds is 5. The van der Waals surface area contributed by atoms with Gasteiger partial charge in [0.2, 0.25) is 0 Å². The van der Waals surface area contributed by atoms with E-state index in [1.54, 1.807) is 0 Å². The van der Waals surface area contributed by atoms with Gasteiger partial charge in [-0.2, -0.15) is 0 Å². The van der Waals surface area contributed by atoms with E-state index in [0.29, 0.717) is 0 Å². The lowest BCUT2D eigenvalue weighted by Crippen LogP contribution is -2.30. The zero-order valence-electron chi connectivity index (χ0n) is 27.4. The van der Waals surface area contributed by atoms with Crippen LogP contribution in [-0.4, -0.2) is 6.04 Å². The Morgan fingerprint density at radius 2 is 1.10 bits per heavy atom. The molecule has 0 aromatic heterocycles. The van der Waals surface area contributed by atoms with Crippen molar-refractivity contribution in [1.82, 2.24) is 0 Å². The van der Waals surface area contributed by atoms with Crippen molar-refractivity contribution in [2.24, 2.45) is 0 Å². The highest BCUT2D eigenvalue weighted by Crippen LogP contribution is 2.50. The minimum atomic E-state index is -0.0598. The second kappa shape index (κ2) is 11.2. The minimum Gasteiger partial charge on any atom is -0.334 e. The Hall–Kier alpha value is -5.66. The SMILES string of the molecule is CC1(C)c2ccccc2-c2ccc(N(c3ccc(-c4cccc5ccccc45)cc3)C3C=CC(c4cccc5ccccc45)=CC3)cc21. The van der Waals surface area contributed by atoms with Crippen molar-refractivity contribution >= 4 is 38.5 Å². The maximum atomic E-state index is 2.54. The molecule has 1 heteroatoms. The summed E-state index contributed by atoms with van der Waals surface area (Å²) >= 11 is 0. The number of hydrogen-bond donors (Lipinski definition) is 0. The molecule has 0 heterocycles. The van der Waals surface area contributed by atoms with Crippen LogP contribution in [0.2, 0.25) is 0 Å². The van der Waals surface area contributed by atoms with Crippen molar-refractivity contribution in [3.05, 3.63) is 187 Å². The van der Waals surface area contributed by atoms with Gasteiger partial charge in [0.1, 0.15) is 0 Å². The van der Waals surface area contributed by atoms with Gasteiger partial charge >= 0.3 is 0 Å². The molecule has 0 bridgehead atoms. The zero-order chi connectivity index (χ0) is 32.2. The van der Waals surface area contributed by atoms with E-state index in [9.17, 15) is 0 Å². The molecule has 2 aliphatic rings. The van der Waals surface area contributed by atoms with Crippen LogP contribution in [0.25, 0.3) is 49.4 Å². The van der Waals surface area contributed by atoms with Gasteiger partial charge in [-0.25, -0.2) is 0 Å². The largest absolute Gasteiger partial charge is 0.334 e. The average molecular weight is 616 g/mol. The van der Waals surface area contributed by atoms with Gasteiger partial charge in [-0.05, 0) is 96.7 Å². The van der Waals surface area contributed by atoms with Crippen molar-refractivity contribution in [3.63, 3.8) is 0 Å². The Bertz CT molecular complexity index is 2400. The summed E-state index contributed by atoms with van der Waals surface area (Å²) in [6.07, 6.45) is 8.08. The first-order valence-electron chi connectivity index (χ1n) is 17.0. The van der Waals surface area contributed by atoms with E-state index in [1.807, 2.05) is 0 Å². The molecule has 0 spiro atoms. The lowest BCUT2D eigenvalue weighted by molar-refractivity contribution is 0.659. The summed E-state index contributed by atoms with van der Waals surface area (Å²) in [5.41, 5.74) is 13.0. The second-order valence-electron chi connectivity index (χ2n) is 13.7. The Balaban J connectivity index is 1.13. The van der Waals surface area contributed by atoms with Crippen molar-refractivity contribution in [3.8, 4) is 22.3 Å². The van der Waals surface area contributed by atoms with Crippen LogP contribution in [0.4, 0.5) is 11.4 Å². The summed E-state index contributed by atoms with van der Waals surface area (Å²) in [6, 6.07) is 56.0. The molecule has 0 saturated carbocycles. The third-order valence-electron chi connectivity index (χ3n) is 10.6. The Morgan fingerprint density at radius 1 is 0.521 bits per heavy atom. The van der Waals surface area contributed by atoms with E-state index in [-0.39, 0.29) is 11.5 Å². The van der Waals surface area contributed by atoms with E-state index < -0.39 is 0 Å². The van der Waals surface area contributed by atoms with Crippen LogP contribution in [0, 0.1) is 0 Å². The number of hydrogen-bond acceptors (Lipinski definition) is 1. The lowest BCUT2D eigenvalue weighted by Gasteiger charge is -2.34.